The van der Waals surface area contributed by atoms with E-state index in [2.05, 4.69) is 66.0 Å². The van der Waals surface area contributed by atoms with E-state index >= 15 is 0 Å². The van der Waals surface area contributed by atoms with Crippen molar-refractivity contribution in [3.63, 3.8) is 0 Å². The third kappa shape index (κ3) is 12.0. The van der Waals surface area contributed by atoms with Gasteiger partial charge in [-0.3, -0.25) is 0 Å². The third-order valence-electron chi connectivity index (χ3n) is 11.7. The second-order valence-corrected chi connectivity index (χ2v) is 16.1. The number of carbonyl (C=O) groups is 2. The topological polar surface area (TPSA) is 204 Å². The van der Waals surface area contributed by atoms with Crippen molar-refractivity contribution in [2.24, 2.45) is 0 Å². The van der Waals surface area contributed by atoms with E-state index in [1.807, 2.05) is 80.8 Å². The molecular weight excluding hydrogens is 884 g/mol. The number of pyridine rings is 2. The number of aliphatic hydroxyl groups is 1. The van der Waals surface area contributed by atoms with Gasteiger partial charge in [0, 0.05) is 83.0 Å². The molecule has 0 spiro atoms. The van der Waals surface area contributed by atoms with Crippen LogP contribution in [-0.4, -0.2) is 124 Å². The summed E-state index contributed by atoms with van der Waals surface area (Å²) in [6.07, 6.45) is 3.80. The number of carboxylic acid groups (broad SMARTS) is 1. The average Bonchev–Trinajstić information content (AvgIpc) is 3.39. The first-order chi connectivity index (χ1) is 32.7. The number of carboxylic acids is 1. The van der Waals surface area contributed by atoms with Crippen molar-refractivity contribution in [1.29, 1.82) is 0 Å². The van der Waals surface area contributed by atoms with E-state index in [4.69, 9.17) is 29.8 Å². The van der Waals surface area contributed by atoms with Gasteiger partial charge in [-0.15, -0.1) is 0 Å². The number of ether oxygens (including phenoxy) is 1. The van der Waals surface area contributed by atoms with Gasteiger partial charge in [-0.2, -0.15) is 0 Å². The van der Waals surface area contributed by atoms with Crippen LogP contribution in [0.4, 0.5) is 23.3 Å². The quantitative estimate of drug-likeness (QED) is 0.158. The van der Waals surface area contributed by atoms with E-state index in [-0.39, 0.29) is 46.6 Å². The zero-order valence-electron chi connectivity index (χ0n) is 39.4. The number of nitrogens with zero attached hydrogens (tertiary/aromatic N) is 10. The van der Waals surface area contributed by atoms with Crippen LogP contribution in [0.15, 0.2) is 134 Å². The van der Waals surface area contributed by atoms with Crippen LogP contribution in [0.2, 0.25) is 0 Å². The molecule has 0 amide bonds. The number of carbonyl (C=O) groups excluding carboxylic acids is 1. The minimum atomic E-state index is -0.971. The Bertz CT molecular complexity index is 2970. The zero-order chi connectivity index (χ0) is 46.9. The summed E-state index contributed by atoms with van der Waals surface area (Å²) < 4.78 is 4.88. The molecule has 2 fully saturated rings. The van der Waals surface area contributed by atoms with Crippen molar-refractivity contribution in [2.75, 3.05) is 86.2 Å². The van der Waals surface area contributed by atoms with Gasteiger partial charge >= 0.3 is 41.5 Å². The van der Waals surface area contributed by atoms with Crippen molar-refractivity contribution < 1.29 is 59.6 Å². The van der Waals surface area contributed by atoms with Gasteiger partial charge in [-0.05, 0) is 73.5 Å². The van der Waals surface area contributed by atoms with E-state index in [0.29, 0.717) is 22.1 Å². The van der Waals surface area contributed by atoms with Gasteiger partial charge in [-0.25, -0.2) is 39.5 Å². The normalized spacial score (nSPS) is 13.2. The number of hydrogen-bond donors (Lipinski definition) is 2. The number of benzene rings is 4. The maximum atomic E-state index is 12.0. The summed E-state index contributed by atoms with van der Waals surface area (Å²) in [4.78, 5) is 61.4. The van der Waals surface area contributed by atoms with Crippen molar-refractivity contribution in [3.8, 4) is 22.5 Å². The number of hydrogen-bond acceptors (Lipinski definition) is 15. The van der Waals surface area contributed by atoms with Crippen molar-refractivity contribution in [2.45, 2.75) is 13.8 Å². The number of fused-ring (bicyclic) bond motifs is 2. The van der Waals surface area contributed by atoms with E-state index < -0.39 is 5.97 Å². The molecule has 6 heterocycles. The zero-order valence-corrected chi connectivity index (χ0v) is 41.4. The van der Waals surface area contributed by atoms with Crippen molar-refractivity contribution in [3.05, 3.63) is 156 Å². The molecule has 4 aromatic heterocycles. The molecule has 348 valence electrons. The minimum absolute atomic E-state index is 0. The second-order valence-electron chi connectivity index (χ2n) is 16.1. The van der Waals surface area contributed by atoms with E-state index in [1.54, 1.807) is 30.3 Å². The fourth-order valence-electron chi connectivity index (χ4n) is 8.08. The number of aromatic nitrogens is 6. The fourth-order valence-corrected chi connectivity index (χ4v) is 8.08. The molecular formula is C52H53N10NaO6. The number of aryl methyl sites for hydroxylation is 2. The predicted octanol–water partition coefficient (Wildman–Crippen LogP) is 4.57. The van der Waals surface area contributed by atoms with E-state index in [1.165, 1.54) is 7.11 Å². The smallest absolute Gasteiger partial charge is 0.870 e. The molecule has 10 rings (SSSR count). The summed E-state index contributed by atoms with van der Waals surface area (Å²) in [7, 11) is 2.38. The number of aromatic carboxylic acids is 1. The average molecular weight is 937 g/mol. The Labute approximate surface area is 422 Å². The first-order valence-electron chi connectivity index (χ1n) is 22.1. The largest absolute Gasteiger partial charge is 1.00 e. The summed E-state index contributed by atoms with van der Waals surface area (Å²) in [5.41, 5.74) is 9.32. The van der Waals surface area contributed by atoms with Gasteiger partial charge in [0.2, 0.25) is 0 Å². The van der Waals surface area contributed by atoms with Crippen LogP contribution in [0, 0.1) is 13.8 Å². The summed E-state index contributed by atoms with van der Waals surface area (Å²) >= 11 is 0. The van der Waals surface area contributed by atoms with Crippen molar-refractivity contribution in [1.82, 2.24) is 29.9 Å². The molecule has 0 unspecified atom stereocenters. The molecule has 0 radical (unpaired) electrons. The Morgan fingerprint density at radius 2 is 0.899 bits per heavy atom. The molecule has 16 nitrogen and oxygen atoms in total. The number of piperazine rings is 2. The monoisotopic (exact) mass is 936 g/mol. The summed E-state index contributed by atoms with van der Waals surface area (Å²) in [6.45, 7) is 10.5. The molecule has 69 heavy (non-hydrogen) atoms. The van der Waals surface area contributed by atoms with Gasteiger partial charge < -0.3 is 40.0 Å². The van der Waals surface area contributed by atoms with E-state index in [0.717, 1.165) is 122 Å². The maximum absolute atomic E-state index is 12.0. The number of aliphatic hydroxyl groups excluding tert-OH is 1. The molecule has 0 saturated carbocycles. The van der Waals surface area contributed by atoms with Gasteiger partial charge in [0.25, 0.3) is 0 Å². The second kappa shape index (κ2) is 23.8. The van der Waals surface area contributed by atoms with E-state index in [9.17, 15) is 14.7 Å². The molecule has 4 aromatic carbocycles. The molecule has 8 aromatic rings. The Morgan fingerprint density at radius 3 is 1.28 bits per heavy atom. The number of methoxy groups -OCH3 is 1. The van der Waals surface area contributed by atoms with Gasteiger partial charge in [0.05, 0.1) is 40.3 Å². The molecule has 3 N–H and O–H groups in total. The molecule has 0 atom stereocenters. The van der Waals surface area contributed by atoms with Gasteiger partial charge in [0.15, 0.2) is 11.6 Å². The molecule has 2 aliphatic heterocycles. The Hall–Kier alpha value is -7.08. The third-order valence-corrected chi connectivity index (χ3v) is 11.7. The Kier molecular flexibility index (Phi) is 17.7. The maximum Gasteiger partial charge on any atom is 1.00 e. The molecule has 2 saturated heterocycles. The molecule has 0 aliphatic carbocycles. The van der Waals surface area contributed by atoms with Crippen LogP contribution >= 0.6 is 0 Å². The SMILES string of the molecule is CO.COC(=O)c1ccc2nc(-c3ccccc3)c(N3CCN(c4ccc(C)cn4)CC3)nc2c1.Cc1ccc(N2CCN(c3nc4cc(C(=O)O)ccc4nc3-c3ccccc3)CC2)nc1.[Na+].[OH-]. The standard InChI is InChI=1S/C26H25N5O2.C25H23N5O2.CH4O.Na.H2O/c1-18-8-11-23(27-17-18)30-12-14-31(15-13-30)25-24(19-6-4-3-5-7-19)28-21-10-9-20(26(32)33-2)16-22(21)29-25;1-17-7-10-22(26-16-17)29-11-13-30(14-12-29)24-23(18-5-3-2-4-6-18)27-20-9-8-19(25(31)32)15-21(20)28-24;1-2;;/h3-11,16-17H,12-15H2,1-2H3;2-10,15-16H,11-14H2,1H3,(H,31,32);2H,1H3;;1H2/q;;;+1;/p-1. The number of anilines is 4. The van der Waals surface area contributed by atoms with Crippen LogP contribution in [0.5, 0.6) is 0 Å². The van der Waals surface area contributed by atoms with Crippen molar-refractivity contribution >= 4 is 57.3 Å². The Morgan fingerprint density at radius 1 is 0.507 bits per heavy atom. The first kappa shape index (κ1) is 51.3. The summed E-state index contributed by atoms with van der Waals surface area (Å²) in [6, 6.07) is 38.6. The number of rotatable bonds is 8. The summed E-state index contributed by atoms with van der Waals surface area (Å²) in [5, 5.41) is 16.4. The number of esters is 1. The van der Waals surface area contributed by atoms with Gasteiger partial charge in [0.1, 0.15) is 23.0 Å². The first-order valence-corrected chi connectivity index (χ1v) is 22.1. The van der Waals surface area contributed by atoms with Crippen LogP contribution in [0.3, 0.4) is 0 Å². The van der Waals surface area contributed by atoms with Crippen LogP contribution in [0.25, 0.3) is 44.6 Å². The van der Waals surface area contributed by atoms with Gasteiger partial charge in [-0.1, -0.05) is 72.8 Å². The summed E-state index contributed by atoms with van der Waals surface area (Å²) in [5.74, 6) is 2.23. The molecule has 0 bridgehead atoms. The predicted molar refractivity (Wildman–Crippen MR) is 265 cm³/mol. The molecule has 2 aliphatic rings. The van der Waals surface area contributed by atoms with Crippen LogP contribution in [0.1, 0.15) is 31.8 Å². The Balaban J connectivity index is 0.000000213. The minimum Gasteiger partial charge on any atom is -0.870 e. The van der Waals surface area contributed by atoms with Crippen LogP contribution in [-0.2, 0) is 4.74 Å². The van der Waals surface area contributed by atoms with Crippen LogP contribution < -0.4 is 49.2 Å². The molecule has 17 heteroatoms. The fraction of sp³-hybridized carbons (Fsp3) is 0.231.